The molecule has 0 aliphatic rings. The van der Waals surface area contributed by atoms with Gasteiger partial charge in [0.1, 0.15) is 0 Å². The third-order valence-corrected chi connectivity index (χ3v) is 2.08. The summed E-state index contributed by atoms with van der Waals surface area (Å²) >= 11 is 0. The molecule has 1 aromatic heterocycles. The number of pyridine rings is 1. The van der Waals surface area contributed by atoms with Gasteiger partial charge in [0.25, 0.3) is 0 Å². The molecule has 0 fully saturated rings. The Morgan fingerprint density at radius 1 is 1.31 bits per heavy atom. The second-order valence-corrected chi connectivity index (χ2v) is 4.52. The van der Waals surface area contributed by atoms with E-state index in [1.165, 1.54) is 0 Å². The SMILES string of the molecule is CC(N)c1ccc(C(C)(C)C)nc1. The van der Waals surface area contributed by atoms with Gasteiger partial charge in [-0.25, -0.2) is 0 Å². The molecule has 1 heterocycles. The number of hydrogen-bond donors (Lipinski definition) is 1. The van der Waals surface area contributed by atoms with Crippen LogP contribution in [0.1, 0.15) is 45.0 Å². The Balaban J connectivity index is 2.94. The van der Waals surface area contributed by atoms with Gasteiger partial charge in [0, 0.05) is 23.3 Å². The van der Waals surface area contributed by atoms with E-state index < -0.39 is 0 Å². The van der Waals surface area contributed by atoms with Crippen LogP contribution in [0.5, 0.6) is 0 Å². The van der Waals surface area contributed by atoms with E-state index in [9.17, 15) is 0 Å². The van der Waals surface area contributed by atoms with E-state index >= 15 is 0 Å². The normalized spacial score (nSPS) is 14.2. The minimum absolute atomic E-state index is 0.0709. The van der Waals surface area contributed by atoms with Crippen LogP contribution in [0.3, 0.4) is 0 Å². The lowest BCUT2D eigenvalue weighted by Crippen LogP contribution is -2.14. The van der Waals surface area contributed by atoms with Gasteiger partial charge in [0.05, 0.1) is 0 Å². The van der Waals surface area contributed by atoms with E-state index in [-0.39, 0.29) is 11.5 Å². The fourth-order valence-electron chi connectivity index (χ4n) is 1.12. The fourth-order valence-corrected chi connectivity index (χ4v) is 1.12. The van der Waals surface area contributed by atoms with Crippen LogP contribution in [0, 0.1) is 0 Å². The molecular formula is C11H18N2. The number of aromatic nitrogens is 1. The van der Waals surface area contributed by atoms with Crippen molar-refractivity contribution >= 4 is 0 Å². The maximum absolute atomic E-state index is 5.73. The van der Waals surface area contributed by atoms with Crippen molar-refractivity contribution in [2.75, 3.05) is 0 Å². The van der Waals surface area contributed by atoms with Crippen LogP contribution in [0.15, 0.2) is 18.3 Å². The van der Waals surface area contributed by atoms with Crippen molar-refractivity contribution in [2.24, 2.45) is 5.73 Å². The van der Waals surface area contributed by atoms with Crippen molar-refractivity contribution < 1.29 is 0 Å². The monoisotopic (exact) mass is 178 g/mol. The summed E-state index contributed by atoms with van der Waals surface area (Å²) in [7, 11) is 0. The van der Waals surface area contributed by atoms with Crippen molar-refractivity contribution in [3.63, 3.8) is 0 Å². The number of rotatable bonds is 1. The molecule has 2 N–H and O–H groups in total. The average Bonchev–Trinajstić information content (AvgIpc) is 2.03. The summed E-state index contributed by atoms with van der Waals surface area (Å²) in [6.45, 7) is 8.43. The Kier molecular flexibility index (Phi) is 2.71. The highest BCUT2D eigenvalue weighted by Gasteiger charge is 2.14. The summed E-state index contributed by atoms with van der Waals surface area (Å²) in [5.41, 5.74) is 8.05. The minimum Gasteiger partial charge on any atom is -0.324 e. The predicted molar refractivity (Wildman–Crippen MR) is 55.5 cm³/mol. The standard InChI is InChI=1S/C11H18N2/c1-8(12)9-5-6-10(13-7-9)11(2,3)4/h5-8H,12H2,1-4H3. The highest BCUT2D eigenvalue weighted by molar-refractivity contribution is 5.20. The lowest BCUT2D eigenvalue weighted by molar-refractivity contribution is 0.567. The Hall–Kier alpha value is -0.890. The zero-order valence-electron chi connectivity index (χ0n) is 8.83. The third-order valence-electron chi connectivity index (χ3n) is 2.08. The Labute approximate surface area is 80.2 Å². The first kappa shape index (κ1) is 10.2. The summed E-state index contributed by atoms with van der Waals surface area (Å²) in [6.07, 6.45) is 1.87. The molecule has 1 aromatic rings. The van der Waals surface area contributed by atoms with E-state index in [4.69, 9.17) is 5.73 Å². The lowest BCUT2D eigenvalue weighted by atomic mass is 9.91. The van der Waals surface area contributed by atoms with Gasteiger partial charge in [-0.15, -0.1) is 0 Å². The van der Waals surface area contributed by atoms with Gasteiger partial charge in [-0.05, 0) is 18.6 Å². The molecule has 0 aliphatic carbocycles. The number of hydrogen-bond acceptors (Lipinski definition) is 2. The first-order valence-electron chi connectivity index (χ1n) is 4.63. The van der Waals surface area contributed by atoms with Crippen molar-refractivity contribution in [3.8, 4) is 0 Å². The van der Waals surface area contributed by atoms with Crippen molar-refractivity contribution in [1.82, 2.24) is 4.98 Å². The molecule has 2 nitrogen and oxygen atoms in total. The Morgan fingerprint density at radius 2 is 1.92 bits per heavy atom. The largest absolute Gasteiger partial charge is 0.324 e. The van der Waals surface area contributed by atoms with E-state index in [0.717, 1.165) is 11.3 Å². The molecular weight excluding hydrogens is 160 g/mol. The second kappa shape index (κ2) is 3.46. The summed E-state index contributed by atoms with van der Waals surface area (Å²) in [5, 5.41) is 0. The highest BCUT2D eigenvalue weighted by Crippen LogP contribution is 2.20. The van der Waals surface area contributed by atoms with Crippen LogP contribution >= 0.6 is 0 Å². The summed E-state index contributed by atoms with van der Waals surface area (Å²) in [6, 6.07) is 4.18. The molecule has 13 heavy (non-hydrogen) atoms. The summed E-state index contributed by atoms with van der Waals surface area (Å²) in [4.78, 5) is 4.39. The fraction of sp³-hybridized carbons (Fsp3) is 0.545. The smallest absolute Gasteiger partial charge is 0.0457 e. The van der Waals surface area contributed by atoms with Crippen LogP contribution in [0.4, 0.5) is 0 Å². The van der Waals surface area contributed by atoms with Crippen LogP contribution < -0.4 is 5.73 Å². The molecule has 0 saturated heterocycles. The van der Waals surface area contributed by atoms with E-state index in [0.29, 0.717) is 0 Å². The van der Waals surface area contributed by atoms with Crippen molar-refractivity contribution in [2.45, 2.75) is 39.2 Å². The second-order valence-electron chi connectivity index (χ2n) is 4.52. The quantitative estimate of drug-likeness (QED) is 0.717. The van der Waals surface area contributed by atoms with Gasteiger partial charge in [0.15, 0.2) is 0 Å². The van der Waals surface area contributed by atoms with E-state index in [1.54, 1.807) is 0 Å². The van der Waals surface area contributed by atoms with E-state index in [2.05, 4.69) is 37.9 Å². The van der Waals surface area contributed by atoms with Crippen LogP contribution in [0.2, 0.25) is 0 Å². The maximum atomic E-state index is 5.73. The van der Waals surface area contributed by atoms with Gasteiger partial charge in [-0.1, -0.05) is 26.8 Å². The van der Waals surface area contributed by atoms with Crippen molar-refractivity contribution in [3.05, 3.63) is 29.6 Å². The van der Waals surface area contributed by atoms with Crippen LogP contribution in [-0.4, -0.2) is 4.98 Å². The molecule has 2 heteroatoms. The molecule has 0 saturated carbocycles. The predicted octanol–water partition coefficient (Wildman–Crippen LogP) is 2.40. The molecule has 1 rings (SSSR count). The summed E-state index contributed by atoms with van der Waals surface area (Å²) < 4.78 is 0. The zero-order valence-corrected chi connectivity index (χ0v) is 8.83. The molecule has 1 atom stereocenters. The lowest BCUT2D eigenvalue weighted by Gasteiger charge is -2.18. The number of nitrogens with zero attached hydrogens (tertiary/aromatic N) is 1. The molecule has 0 amide bonds. The topological polar surface area (TPSA) is 38.9 Å². The molecule has 0 radical (unpaired) electrons. The van der Waals surface area contributed by atoms with Gasteiger partial charge >= 0.3 is 0 Å². The first-order chi connectivity index (χ1) is 5.91. The van der Waals surface area contributed by atoms with Gasteiger partial charge in [-0.2, -0.15) is 0 Å². The number of nitrogens with two attached hydrogens (primary N) is 1. The minimum atomic E-state index is 0.0709. The molecule has 1 unspecified atom stereocenters. The van der Waals surface area contributed by atoms with Crippen molar-refractivity contribution in [1.29, 1.82) is 0 Å². The van der Waals surface area contributed by atoms with Crippen LogP contribution in [-0.2, 0) is 5.41 Å². The molecule has 0 bridgehead atoms. The molecule has 72 valence electrons. The summed E-state index contributed by atoms with van der Waals surface area (Å²) in [5.74, 6) is 0. The van der Waals surface area contributed by atoms with Gasteiger partial charge in [0.2, 0.25) is 0 Å². The van der Waals surface area contributed by atoms with Crippen LogP contribution in [0.25, 0.3) is 0 Å². The molecule has 0 aliphatic heterocycles. The first-order valence-corrected chi connectivity index (χ1v) is 4.63. The zero-order chi connectivity index (χ0) is 10.1. The van der Waals surface area contributed by atoms with Gasteiger partial charge in [-0.3, -0.25) is 4.98 Å². The Bertz CT molecular complexity index is 267. The highest BCUT2D eigenvalue weighted by atomic mass is 14.7. The van der Waals surface area contributed by atoms with E-state index in [1.807, 2.05) is 13.1 Å². The third kappa shape index (κ3) is 2.52. The maximum Gasteiger partial charge on any atom is 0.0457 e. The Morgan fingerprint density at radius 3 is 2.23 bits per heavy atom. The average molecular weight is 178 g/mol. The molecule has 0 aromatic carbocycles. The molecule has 0 spiro atoms. The van der Waals surface area contributed by atoms with Gasteiger partial charge < -0.3 is 5.73 Å².